The SMILES string of the molecule is C[C@@H](c1nnc(-c2ccccc2)o1)N1CCN(c2cnn(-c3ccccc3)c(=O)c2Cl)CC1. The first kappa shape index (κ1) is 21.4. The van der Waals surface area contributed by atoms with Crippen molar-refractivity contribution in [3.8, 4) is 17.1 Å². The molecular weight excluding hydrogens is 440 g/mol. The van der Waals surface area contributed by atoms with E-state index in [9.17, 15) is 4.79 Å². The number of benzene rings is 2. The Morgan fingerprint density at radius 2 is 1.61 bits per heavy atom. The second-order valence-corrected chi connectivity index (χ2v) is 8.28. The summed E-state index contributed by atoms with van der Waals surface area (Å²) in [4.78, 5) is 17.2. The quantitative estimate of drug-likeness (QED) is 0.446. The Kier molecular flexibility index (Phi) is 5.93. The van der Waals surface area contributed by atoms with Crippen LogP contribution in [-0.4, -0.2) is 51.1 Å². The number of nitrogens with zero attached hydrogens (tertiary/aromatic N) is 6. The van der Waals surface area contributed by atoms with Gasteiger partial charge in [0.1, 0.15) is 5.02 Å². The van der Waals surface area contributed by atoms with Crippen LogP contribution < -0.4 is 10.5 Å². The molecule has 33 heavy (non-hydrogen) atoms. The van der Waals surface area contributed by atoms with E-state index in [1.54, 1.807) is 6.20 Å². The van der Waals surface area contributed by atoms with Gasteiger partial charge < -0.3 is 9.32 Å². The van der Waals surface area contributed by atoms with Gasteiger partial charge in [-0.05, 0) is 31.2 Å². The van der Waals surface area contributed by atoms with Crippen molar-refractivity contribution in [2.24, 2.45) is 0 Å². The molecule has 0 amide bonds. The zero-order valence-electron chi connectivity index (χ0n) is 18.1. The van der Waals surface area contributed by atoms with E-state index in [-0.39, 0.29) is 16.6 Å². The summed E-state index contributed by atoms with van der Waals surface area (Å²) in [5, 5.41) is 13.0. The molecule has 0 unspecified atom stereocenters. The van der Waals surface area contributed by atoms with Crippen LogP contribution in [0.1, 0.15) is 18.9 Å². The number of aromatic nitrogens is 4. The first-order valence-electron chi connectivity index (χ1n) is 10.8. The van der Waals surface area contributed by atoms with Gasteiger partial charge >= 0.3 is 0 Å². The maximum absolute atomic E-state index is 12.8. The van der Waals surface area contributed by atoms with Crippen molar-refractivity contribution in [2.45, 2.75) is 13.0 Å². The number of rotatable bonds is 5. The molecule has 9 heteroatoms. The van der Waals surface area contributed by atoms with Crippen LogP contribution in [0.2, 0.25) is 5.02 Å². The van der Waals surface area contributed by atoms with Crippen molar-refractivity contribution < 1.29 is 4.42 Å². The summed E-state index contributed by atoms with van der Waals surface area (Å²) in [6.45, 7) is 5.01. The molecule has 0 saturated carbocycles. The van der Waals surface area contributed by atoms with Gasteiger partial charge in [0, 0.05) is 31.7 Å². The lowest BCUT2D eigenvalue weighted by Crippen LogP contribution is -2.47. The number of halogens is 1. The smallest absolute Gasteiger partial charge is 0.292 e. The number of hydrogen-bond acceptors (Lipinski definition) is 7. The maximum atomic E-state index is 12.8. The van der Waals surface area contributed by atoms with Gasteiger partial charge in [-0.3, -0.25) is 9.69 Å². The summed E-state index contributed by atoms with van der Waals surface area (Å²) >= 11 is 6.48. The molecule has 2 aromatic carbocycles. The lowest BCUT2D eigenvalue weighted by Gasteiger charge is -2.38. The van der Waals surface area contributed by atoms with Crippen molar-refractivity contribution in [1.29, 1.82) is 0 Å². The molecule has 0 bridgehead atoms. The molecule has 1 aliphatic heterocycles. The van der Waals surface area contributed by atoms with Crippen LogP contribution in [-0.2, 0) is 0 Å². The fourth-order valence-electron chi connectivity index (χ4n) is 4.00. The van der Waals surface area contributed by atoms with E-state index in [2.05, 4.69) is 32.0 Å². The molecule has 0 spiro atoms. The Bertz CT molecular complexity index is 1280. The molecule has 1 saturated heterocycles. The molecule has 168 valence electrons. The summed E-state index contributed by atoms with van der Waals surface area (Å²) in [7, 11) is 0. The van der Waals surface area contributed by atoms with E-state index in [0.29, 0.717) is 36.2 Å². The average molecular weight is 463 g/mol. The third kappa shape index (κ3) is 4.27. The highest BCUT2D eigenvalue weighted by Crippen LogP contribution is 2.27. The number of hydrogen-bond donors (Lipinski definition) is 0. The molecule has 0 N–H and O–H groups in total. The minimum absolute atomic E-state index is 0.0169. The van der Waals surface area contributed by atoms with Crippen molar-refractivity contribution in [2.75, 3.05) is 31.1 Å². The number of piperazine rings is 1. The lowest BCUT2D eigenvalue weighted by molar-refractivity contribution is 0.173. The van der Waals surface area contributed by atoms with Crippen molar-refractivity contribution >= 4 is 17.3 Å². The summed E-state index contributed by atoms with van der Waals surface area (Å²) in [5.74, 6) is 1.11. The fraction of sp³-hybridized carbons (Fsp3) is 0.250. The highest BCUT2D eigenvalue weighted by atomic mass is 35.5. The van der Waals surface area contributed by atoms with Crippen LogP contribution in [0.4, 0.5) is 5.69 Å². The monoisotopic (exact) mass is 462 g/mol. The van der Waals surface area contributed by atoms with E-state index < -0.39 is 0 Å². The van der Waals surface area contributed by atoms with Crippen LogP contribution in [0.25, 0.3) is 17.1 Å². The van der Waals surface area contributed by atoms with Crippen LogP contribution in [0.15, 0.2) is 76.1 Å². The van der Waals surface area contributed by atoms with E-state index in [4.69, 9.17) is 16.0 Å². The lowest BCUT2D eigenvalue weighted by atomic mass is 10.2. The Labute approximate surface area is 196 Å². The third-order valence-electron chi connectivity index (χ3n) is 5.92. The van der Waals surface area contributed by atoms with E-state index >= 15 is 0 Å². The number of para-hydroxylation sites is 1. The van der Waals surface area contributed by atoms with E-state index in [1.807, 2.05) is 60.7 Å². The maximum Gasteiger partial charge on any atom is 0.292 e. The molecule has 1 aliphatic rings. The zero-order valence-corrected chi connectivity index (χ0v) is 18.9. The molecule has 1 fully saturated rings. The predicted molar refractivity (Wildman–Crippen MR) is 127 cm³/mol. The van der Waals surface area contributed by atoms with Crippen molar-refractivity contribution in [1.82, 2.24) is 24.9 Å². The largest absolute Gasteiger partial charge is 0.419 e. The molecule has 5 rings (SSSR count). The summed E-state index contributed by atoms with van der Waals surface area (Å²) in [5.41, 5.74) is 1.92. The summed E-state index contributed by atoms with van der Waals surface area (Å²) in [6, 6.07) is 19.0. The molecule has 8 nitrogen and oxygen atoms in total. The van der Waals surface area contributed by atoms with Gasteiger partial charge in [-0.2, -0.15) is 9.78 Å². The molecular formula is C24H23ClN6O2. The van der Waals surface area contributed by atoms with E-state index in [0.717, 1.165) is 18.7 Å². The molecule has 0 radical (unpaired) electrons. The van der Waals surface area contributed by atoms with Gasteiger partial charge in [-0.25, -0.2) is 0 Å². The third-order valence-corrected chi connectivity index (χ3v) is 6.28. The summed E-state index contributed by atoms with van der Waals surface area (Å²) < 4.78 is 7.26. The Hall–Kier alpha value is -3.49. The van der Waals surface area contributed by atoms with Gasteiger partial charge in [-0.1, -0.05) is 48.0 Å². The first-order chi connectivity index (χ1) is 16.1. The normalized spacial score (nSPS) is 15.5. The highest BCUT2D eigenvalue weighted by Gasteiger charge is 2.27. The minimum atomic E-state index is -0.324. The highest BCUT2D eigenvalue weighted by molar-refractivity contribution is 6.33. The molecule has 2 aromatic heterocycles. The average Bonchev–Trinajstić information content (AvgIpc) is 3.37. The van der Waals surface area contributed by atoms with Crippen molar-refractivity contribution in [3.63, 3.8) is 0 Å². The standard InChI is InChI=1S/C24H23ClN6O2/c1-17(22-27-28-23(33-22)18-8-4-2-5-9-18)29-12-14-30(15-13-29)20-16-26-31(24(32)21(20)25)19-10-6-3-7-11-19/h2-11,16-17H,12-15H2,1H3/t17-/m0/s1. The van der Waals surface area contributed by atoms with Crippen LogP contribution >= 0.6 is 11.6 Å². The van der Waals surface area contributed by atoms with Crippen LogP contribution in [0.3, 0.4) is 0 Å². The predicted octanol–water partition coefficient (Wildman–Crippen LogP) is 3.82. The second kappa shape index (κ2) is 9.17. The Morgan fingerprint density at radius 1 is 0.939 bits per heavy atom. The Morgan fingerprint density at radius 3 is 2.30 bits per heavy atom. The first-order valence-corrected chi connectivity index (χ1v) is 11.2. The van der Waals surface area contributed by atoms with Crippen LogP contribution in [0, 0.1) is 0 Å². The van der Waals surface area contributed by atoms with Gasteiger partial charge in [0.2, 0.25) is 11.8 Å². The Balaban J connectivity index is 1.27. The second-order valence-electron chi connectivity index (χ2n) is 7.91. The van der Waals surface area contributed by atoms with E-state index in [1.165, 1.54) is 4.68 Å². The van der Waals surface area contributed by atoms with Crippen molar-refractivity contribution in [3.05, 3.63) is 88.1 Å². The van der Waals surface area contributed by atoms with Crippen LogP contribution in [0.5, 0.6) is 0 Å². The molecule has 4 aromatic rings. The van der Waals surface area contributed by atoms with Gasteiger partial charge in [0.15, 0.2) is 0 Å². The number of anilines is 1. The summed E-state index contributed by atoms with van der Waals surface area (Å²) in [6.07, 6.45) is 1.67. The van der Waals surface area contributed by atoms with Gasteiger partial charge in [0.25, 0.3) is 5.56 Å². The topological polar surface area (TPSA) is 80.3 Å². The molecule has 0 aliphatic carbocycles. The fourth-order valence-corrected chi connectivity index (χ4v) is 4.25. The zero-order chi connectivity index (χ0) is 22.8. The molecule has 3 heterocycles. The molecule has 1 atom stereocenters. The van der Waals surface area contributed by atoms with Gasteiger partial charge in [-0.15, -0.1) is 10.2 Å². The minimum Gasteiger partial charge on any atom is -0.419 e. The van der Waals surface area contributed by atoms with Gasteiger partial charge in [0.05, 0.1) is 23.6 Å².